The Bertz CT molecular complexity index is 1900. The molecule has 0 N–H and O–H groups in total. The van der Waals surface area contributed by atoms with Crippen molar-refractivity contribution in [3.05, 3.63) is 78.2 Å². The summed E-state index contributed by atoms with van der Waals surface area (Å²) in [5, 5.41) is 9.18. The van der Waals surface area contributed by atoms with Gasteiger partial charge in [0.15, 0.2) is 5.82 Å². The van der Waals surface area contributed by atoms with E-state index in [1.54, 1.807) is 23.2 Å². The van der Waals surface area contributed by atoms with Crippen molar-refractivity contribution < 1.29 is 19.1 Å². The second-order valence-electron chi connectivity index (χ2n) is 13.4. The summed E-state index contributed by atoms with van der Waals surface area (Å²) < 4.78 is 9.64. The van der Waals surface area contributed by atoms with Gasteiger partial charge in [0.25, 0.3) is 5.91 Å². The fourth-order valence-electron chi connectivity index (χ4n) is 6.41. The van der Waals surface area contributed by atoms with Crippen LogP contribution in [-0.2, 0) is 16.1 Å². The molecule has 0 unspecified atom stereocenters. The summed E-state index contributed by atoms with van der Waals surface area (Å²) in [6.07, 6.45) is 5.37. The highest BCUT2D eigenvalue weighted by atomic mass is 16.6. The summed E-state index contributed by atoms with van der Waals surface area (Å²) in [5.41, 5.74) is 5.15. The topological polar surface area (TPSA) is 117 Å². The van der Waals surface area contributed by atoms with Crippen molar-refractivity contribution >= 4 is 23.7 Å². The zero-order valence-electron chi connectivity index (χ0n) is 25.6. The van der Waals surface area contributed by atoms with Crippen LogP contribution in [-0.4, -0.2) is 73.7 Å². The fourth-order valence-corrected chi connectivity index (χ4v) is 6.41. The third-order valence-corrected chi connectivity index (χ3v) is 8.48. The summed E-state index contributed by atoms with van der Waals surface area (Å²) in [7, 11) is 0. The van der Waals surface area contributed by atoms with Crippen LogP contribution in [0.1, 0.15) is 38.8 Å². The number of ether oxygens (including phenoxy) is 1. The van der Waals surface area contributed by atoms with E-state index in [1.165, 1.54) is 9.80 Å². The van der Waals surface area contributed by atoms with Crippen molar-refractivity contribution in [2.45, 2.75) is 39.8 Å². The number of rotatable bonds is 4. The minimum atomic E-state index is -0.589. The summed E-state index contributed by atoms with van der Waals surface area (Å²) in [6.45, 7) is 8.99. The zero-order chi connectivity index (χ0) is 31.7. The van der Waals surface area contributed by atoms with E-state index in [1.807, 2.05) is 68.8 Å². The van der Waals surface area contributed by atoms with Crippen LogP contribution in [0, 0.1) is 16.7 Å². The molecule has 2 aromatic carbocycles. The number of carbonyl (C=O) groups is 3. The fraction of sp³-hybridized carbons (Fsp3) is 0.324. The first-order chi connectivity index (χ1) is 21.4. The molecule has 3 aliphatic heterocycles. The van der Waals surface area contributed by atoms with E-state index < -0.39 is 11.0 Å². The number of nitriles is 1. The predicted molar refractivity (Wildman–Crippen MR) is 167 cm³/mol. The van der Waals surface area contributed by atoms with Crippen molar-refractivity contribution in [3.63, 3.8) is 0 Å². The number of amides is 4. The largest absolute Gasteiger partial charge is 0.444 e. The zero-order valence-corrected chi connectivity index (χ0v) is 25.6. The number of carbonyl (C=O) groups excluding carboxylic acids is 3. The van der Waals surface area contributed by atoms with Crippen LogP contribution in [0.15, 0.2) is 67.1 Å². The Hall–Kier alpha value is -5.37. The van der Waals surface area contributed by atoms with E-state index >= 15 is 0 Å². The van der Waals surface area contributed by atoms with Crippen LogP contribution in [0.4, 0.5) is 15.3 Å². The van der Waals surface area contributed by atoms with Crippen molar-refractivity contribution in [1.29, 1.82) is 5.26 Å². The highest BCUT2D eigenvalue weighted by molar-refractivity contribution is 6.12. The molecule has 0 spiro atoms. The van der Waals surface area contributed by atoms with Crippen molar-refractivity contribution in [2.24, 2.45) is 5.41 Å². The molecule has 228 valence electrons. The van der Waals surface area contributed by atoms with Crippen LogP contribution in [0.3, 0.4) is 0 Å². The summed E-state index contributed by atoms with van der Waals surface area (Å²) in [5.74, 6) is 0.540. The van der Waals surface area contributed by atoms with Crippen LogP contribution in [0.25, 0.3) is 28.3 Å². The van der Waals surface area contributed by atoms with Gasteiger partial charge in [-0.25, -0.2) is 14.6 Å². The molecule has 0 saturated carbocycles. The molecular weight excluding hydrogens is 570 g/mol. The van der Waals surface area contributed by atoms with Gasteiger partial charge in [0.05, 0.1) is 23.0 Å². The molecule has 11 heteroatoms. The highest BCUT2D eigenvalue weighted by Gasteiger charge is 2.48. The first-order valence-corrected chi connectivity index (χ1v) is 14.9. The molecule has 0 aliphatic carbocycles. The second-order valence-corrected chi connectivity index (χ2v) is 13.4. The van der Waals surface area contributed by atoms with Gasteiger partial charge in [-0.3, -0.25) is 19.2 Å². The molecule has 4 aromatic rings. The lowest BCUT2D eigenvalue weighted by Crippen LogP contribution is -2.62. The summed E-state index contributed by atoms with van der Waals surface area (Å²) in [6, 6.07) is 17.2. The Morgan fingerprint density at radius 3 is 2.51 bits per heavy atom. The molecule has 5 heterocycles. The lowest BCUT2D eigenvalue weighted by molar-refractivity contribution is -0.127. The Kier molecular flexibility index (Phi) is 6.37. The number of benzene rings is 2. The average Bonchev–Trinajstić information content (AvgIpc) is 3.67. The first-order valence-electron chi connectivity index (χ1n) is 14.9. The van der Waals surface area contributed by atoms with Gasteiger partial charge in [0.1, 0.15) is 12.1 Å². The van der Waals surface area contributed by atoms with Gasteiger partial charge >= 0.3 is 12.1 Å². The molecule has 0 bridgehead atoms. The minimum Gasteiger partial charge on any atom is -0.444 e. The number of hydrogen-bond donors (Lipinski definition) is 0. The second kappa shape index (κ2) is 10.1. The predicted octanol–water partition coefficient (Wildman–Crippen LogP) is 5.27. The maximum Gasteiger partial charge on any atom is 0.410 e. The molecule has 2 saturated heterocycles. The quantitative estimate of drug-likeness (QED) is 0.259. The van der Waals surface area contributed by atoms with Gasteiger partial charge in [-0.05, 0) is 68.3 Å². The first kappa shape index (κ1) is 28.4. The monoisotopic (exact) mass is 603 g/mol. The number of imidazole rings is 1. The Balaban J connectivity index is 1.12. The molecule has 4 amide bonds. The van der Waals surface area contributed by atoms with Crippen LogP contribution < -0.4 is 4.90 Å². The molecule has 0 radical (unpaired) electrons. The Morgan fingerprint density at radius 2 is 1.80 bits per heavy atom. The summed E-state index contributed by atoms with van der Waals surface area (Å²) in [4.78, 5) is 48.3. The molecule has 3 aliphatic rings. The van der Waals surface area contributed by atoms with E-state index in [9.17, 15) is 19.6 Å². The molecule has 45 heavy (non-hydrogen) atoms. The van der Waals surface area contributed by atoms with Crippen molar-refractivity contribution in [3.8, 4) is 34.4 Å². The number of nitrogens with zero attached hydrogens (tertiary/aromatic N) is 7. The van der Waals surface area contributed by atoms with Gasteiger partial charge in [0.2, 0.25) is 0 Å². The van der Waals surface area contributed by atoms with Crippen molar-refractivity contribution in [2.75, 3.05) is 31.1 Å². The number of imide groups is 1. The van der Waals surface area contributed by atoms with Crippen molar-refractivity contribution in [1.82, 2.24) is 23.9 Å². The van der Waals surface area contributed by atoms with E-state index in [2.05, 4.69) is 27.9 Å². The highest BCUT2D eigenvalue weighted by Crippen LogP contribution is 2.37. The third kappa shape index (κ3) is 5.02. The van der Waals surface area contributed by atoms with E-state index in [0.717, 1.165) is 33.9 Å². The summed E-state index contributed by atoms with van der Waals surface area (Å²) >= 11 is 0. The number of urea groups is 1. The van der Waals surface area contributed by atoms with Crippen LogP contribution in [0.2, 0.25) is 0 Å². The molecule has 2 aromatic heterocycles. The lowest BCUT2D eigenvalue weighted by Gasteiger charge is -2.48. The van der Waals surface area contributed by atoms with E-state index in [0.29, 0.717) is 30.9 Å². The number of anilines is 1. The van der Waals surface area contributed by atoms with Gasteiger partial charge in [-0.15, -0.1) is 0 Å². The Labute approximate surface area is 260 Å². The van der Waals surface area contributed by atoms with Crippen LogP contribution in [0.5, 0.6) is 0 Å². The molecule has 11 nitrogen and oxygen atoms in total. The van der Waals surface area contributed by atoms with Crippen LogP contribution >= 0.6 is 0 Å². The molecular formula is C34H33N7O4. The molecule has 7 rings (SSSR count). The maximum atomic E-state index is 13.6. The molecule has 0 atom stereocenters. The average molecular weight is 604 g/mol. The third-order valence-electron chi connectivity index (χ3n) is 8.48. The minimum absolute atomic E-state index is 0.0442. The number of aromatic nitrogens is 3. The normalized spacial score (nSPS) is 16.8. The van der Waals surface area contributed by atoms with Gasteiger partial charge in [-0.2, -0.15) is 5.26 Å². The van der Waals surface area contributed by atoms with Gasteiger partial charge < -0.3 is 14.2 Å². The SMILES string of the molecule is CC1(CN2C(=O)CN(c3ccc4c(c3)Cn3cc(-c5ccc(C#N)cc5)cc3-c3nccn3-4)C2=O)CN(C(=O)OC(C)(C)C)C1. The number of likely N-dealkylation sites (tertiary alicyclic amines) is 1. The number of hydrogen-bond acceptors (Lipinski definition) is 6. The Morgan fingerprint density at radius 1 is 1.04 bits per heavy atom. The van der Waals surface area contributed by atoms with E-state index in [4.69, 9.17) is 4.74 Å². The lowest BCUT2D eigenvalue weighted by atomic mass is 9.81. The van der Waals surface area contributed by atoms with Gasteiger partial charge in [0, 0.05) is 61.4 Å². The smallest absolute Gasteiger partial charge is 0.410 e. The van der Waals surface area contributed by atoms with E-state index in [-0.39, 0.29) is 31.1 Å². The maximum absolute atomic E-state index is 13.6. The standard InChI is InChI=1S/C34H33N7O4/c1-33(2,3)45-32(44)38-19-34(4,20-38)21-41-29(42)18-40(31(41)43)26-9-10-27-25(13-26)17-37-16-24(23-7-5-22(15-35)6-8-23)14-28(37)30-36-11-12-39(27)30/h5-14,16H,17-21H2,1-4H3. The van der Waals surface area contributed by atoms with Gasteiger partial charge in [-0.1, -0.05) is 19.1 Å². The number of fused-ring (bicyclic) bond motifs is 5. The molecule has 2 fully saturated rings.